The summed E-state index contributed by atoms with van der Waals surface area (Å²) in [6.07, 6.45) is 2.15. The van der Waals surface area contributed by atoms with Gasteiger partial charge in [0.15, 0.2) is 11.5 Å². The average Bonchev–Trinajstić information content (AvgIpc) is 3.18. The summed E-state index contributed by atoms with van der Waals surface area (Å²) in [5.74, 6) is 1.85. The molecule has 0 radical (unpaired) electrons. The molecule has 0 saturated carbocycles. The fourth-order valence-corrected chi connectivity index (χ4v) is 5.03. The zero-order valence-corrected chi connectivity index (χ0v) is 24.3. The maximum absolute atomic E-state index is 13.7. The summed E-state index contributed by atoms with van der Waals surface area (Å²) in [6, 6.07) is 15.7. The first-order valence-corrected chi connectivity index (χ1v) is 13.7. The first-order valence-electron chi connectivity index (χ1n) is 13.3. The van der Waals surface area contributed by atoms with Crippen LogP contribution in [0.3, 0.4) is 0 Å². The Morgan fingerprint density at radius 2 is 1.77 bits per heavy atom. The van der Waals surface area contributed by atoms with Crippen molar-refractivity contribution in [2.75, 3.05) is 19.5 Å². The molecule has 0 aliphatic carbocycles. The zero-order chi connectivity index (χ0) is 28.1. The van der Waals surface area contributed by atoms with Gasteiger partial charge in [0, 0.05) is 23.4 Å². The van der Waals surface area contributed by atoms with E-state index < -0.39 is 0 Å². The van der Waals surface area contributed by atoms with Gasteiger partial charge in [-0.2, -0.15) is 0 Å². The van der Waals surface area contributed by atoms with Crippen LogP contribution in [0.15, 0.2) is 48.5 Å². The van der Waals surface area contributed by atoms with Crippen LogP contribution < -0.4 is 14.8 Å². The number of benzene rings is 2. The fourth-order valence-electron chi connectivity index (χ4n) is 4.75. The van der Waals surface area contributed by atoms with Gasteiger partial charge in [0.1, 0.15) is 10.8 Å². The van der Waals surface area contributed by atoms with Crippen molar-refractivity contribution < 1.29 is 14.3 Å². The Bertz CT molecular complexity index is 1460. The van der Waals surface area contributed by atoms with Crippen LogP contribution >= 0.6 is 11.6 Å². The molecule has 0 saturated heterocycles. The Labute approximate surface area is 235 Å². The van der Waals surface area contributed by atoms with E-state index in [1.807, 2.05) is 25.1 Å². The van der Waals surface area contributed by atoms with E-state index in [-0.39, 0.29) is 11.8 Å². The van der Waals surface area contributed by atoms with E-state index in [0.717, 1.165) is 46.7 Å². The Morgan fingerprint density at radius 3 is 2.49 bits per heavy atom. The Morgan fingerprint density at radius 1 is 1.00 bits per heavy atom. The highest BCUT2D eigenvalue weighted by Crippen LogP contribution is 2.40. The molecule has 1 N–H and O–H groups in total. The standard InChI is InChI=1S/C31H37ClN4O3/c1-19(2)11-12-23(31(37)35-26-15-16-27(38-5)30(39-6)29(26)32)17-28-33-20(3)21(4)36(28)18-24-14-13-22-9-7-8-10-25(22)34-24/h7-10,13-16,19,23H,11-12,17-18H2,1-6H3,(H,35,37). The second-order valence-corrected chi connectivity index (χ2v) is 10.7. The molecule has 1 atom stereocenters. The van der Waals surface area contributed by atoms with Gasteiger partial charge in [-0.05, 0) is 50.5 Å². The largest absolute Gasteiger partial charge is 0.493 e. The van der Waals surface area contributed by atoms with Crippen molar-refractivity contribution in [1.82, 2.24) is 14.5 Å². The molecule has 4 aromatic rings. The van der Waals surface area contributed by atoms with Crippen molar-refractivity contribution in [3.8, 4) is 11.5 Å². The number of rotatable bonds is 11. The van der Waals surface area contributed by atoms with Crippen LogP contribution in [0, 0.1) is 25.7 Å². The molecule has 0 bridgehead atoms. The molecule has 4 rings (SSSR count). The van der Waals surface area contributed by atoms with Gasteiger partial charge < -0.3 is 19.4 Å². The van der Waals surface area contributed by atoms with Crippen molar-refractivity contribution in [1.29, 1.82) is 0 Å². The lowest BCUT2D eigenvalue weighted by atomic mass is 9.93. The van der Waals surface area contributed by atoms with E-state index >= 15 is 0 Å². The number of aromatic nitrogens is 3. The smallest absolute Gasteiger partial charge is 0.227 e. The van der Waals surface area contributed by atoms with E-state index in [4.69, 9.17) is 31.0 Å². The molecular weight excluding hydrogens is 512 g/mol. The number of carbonyl (C=O) groups excluding carboxylic acids is 1. The maximum Gasteiger partial charge on any atom is 0.227 e. The number of anilines is 1. The minimum absolute atomic E-state index is 0.0987. The molecule has 1 amide bonds. The molecule has 8 heteroatoms. The first kappa shape index (κ1) is 28.4. The van der Waals surface area contributed by atoms with Crippen molar-refractivity contribution in [3.05, 3.63) is 76.5 Å². The molecule has 39 heavy (non-hydrogen) atoms. The lowest BCUT2D eigenvalue weighted by molar-refractivity contribution is -0.120. The Hall–Kier alpha value is -3.58. The summed E-state index contributed by atoms with van der Waals surface area (Å²) in [5.41, 5.74) is 4.44. The maximum atomic E-state index is 13.7. The number of para-hydroxylation sites is 1. The van der Waals surface area contributed by atoms with Crippen LogP contribution in [0.2, 0.25) is 5.02 Å². The highest BCUT2D eigenvalue weighted by molar-refractivity contribution is 6.35. The van der Waals surface area contributed by atoms with Gasteiger partial charge in [0.25, 0.3) is 0 Å². The number of fused-ring (bicyclic) bond motifs is 1. The first-order chi connectivity index (χ1) is 18.7. The SMILES string of the molecule is COc1ccc(NC(=O)C(CCC(C)C)Cc2nc(C)c(C)n2Cc2ccc3ccccc3n2)c(Cl)c1OC. The van der Waals surface area contributed by atoms with Crippen LogP contribution in [0.5, 0.6) is 11.5 Å². The van der Waals surface area contributed by atoms with Crippen LogP contribution in [0.1, 0.15) is 49.6 Å². The number of halogens is 1. The van der Waals surface area contributed by atoms with E-state index in [0.29, 0.717) is 41.1 Å². The van der Waals surface area contributed by atoms with Gasteiger partial charge >= 0.3 is 0 Å². The van der Waals surface area contributed by atoms with Gasteiger partial charge in [-0.3, -0.25) is 9.78 Å². The number of pyridine rings is 1. The zero-order valence-electron chi connectivity index (χ0n) is 23.5. The number of amides is 1. The van der Waals surface area contributed by atoms with Crippen molar-refractivity contribution in [2.45, 2.75) is 53.5 Å². The molecule has 2 heterocycles. The number of imidazole rings is 1. The van der Waals surface area contributed by atoms with Gasteiger partial charge in [-0.1, -0.05) is 56.1 Å². The summed E-state index contributed by atoms with van der Waals surface area (Å²) in [6.45, 7) is 9.00. The molecule has 1 unspecified atom stereocenters. The average molecular weight is 549 g/mol. The molecule has 0 aliphatic heterocycles. The molecule has 2 aromatic heterocycles. The molecule has 2 aromatic carbocycles. The van der Waals surface area contributed by atoms with Crippen molar-refractivity contribution in [3.63, 3.8) is 0 Å². The van der Waals surface area contributed by atoms with Gasteiger partial charge in [-0.25, -0.2) is 4.98 Å². The molecule has 206 valence electrons. The van der Waals surface area contributed by atoms with Gasteiger partial charge in [0.05, 0.1) is 43.4 Å². The number of carbonyl (C=O) groups is 1. The summed E-state index contributed by atoms with van der Waals surface area (Å²) in [4.78, 5) is 23.4. The minimum atomic E-state index is -0.291. The van der Waals surface area contributed by atoms with E-state index in [9.17, 15) is 4.79 Å². The highest BCUT2D eigenvalue weighted by Gasteiger charge is 2.25. The lowest BCUT2D eigenvalue weighted by Crippen LogP contribution is -2.27. The van der Waals surface area contributed by atoms with E-state index in [2.05, 4.69) is 48.9 Å². The topological polar surface area (TPSA) is 78.3 Å². The highest BCUT2D eigenvalue weighted by atomic mass is 35.5. The quantitative estimate of drug-likeness (QED) is 0.218. The summed E-state index contributed by atoms with van der Waals surface area (Å²) >= 11 is 6.57. The number of nitrogens with zero attached hydrogens (tertiary/aromatic N) is 3. The van der Waals surface area contributed by atoms with Crippen molar-refractivity contribution >= 4 is 34.1 Å². The molecule has 0 spiro atoms. The number of nitrogens with one attached hydrogen (secondary N) is 1. The number of aryl methyl sites for hydroxylation is 1. The van der Waals surface area contributed by atoms with E-state index in [1.54, 1.807) is 19.2 Å². The number of hydrogen-bond donors (Lipinski definition) is 1. The molecule has 0 aliphatic rings. The third kappa shape index (κ3) is 6.53. The second kappa shape index (κ2) is 12.5. The predicted octanol–water partition coefficient (Wildman–Crippen LogP) is 7.00. The number of ether oxygens (including phenoxy) is 2. The molecular formula is C31H37ClN4O3. The normalized spacial score (nSPS) is 12.1. The third-order valence-electron chi connectivity index (χ3n) is 7.15. The number of methoxy groups -OCH3 is 2. The summed E-state index contributed by atoms with van der Waals surface area (Å²) < 4.78 is 12.9. The summed E-state index contributed by atoms with van der Waals surface area (Å²) in [5, 5.41) is 4.45. The van der Waals surface area contributed by atoms with Gasteiger partial charge in [0.2, 0.25) is 5.91 Å². The fraction of sp³-hybridized carbons (Fsp3) is 0.387. The molecule has 7 nitrogen and oxygen atoms in total. The predicted molar refractivity (Wildman–Crippen MR) is 157 cm³/mol. The second-order valence-electron chi connectivity index (χ2n) is 10.3. The minimum Gasteiger partial charge on any atom is -0.493 e. The monoisotopic (exact) mass is 548 g/mol. The van der Waals surface area contributed by atoms with Crippen LogP contribution in [-0.2, 0) is 17.8 Å². The number of hydrogen-bond acceptors (Lipinski definition) is 5. The van der Waals surface area contributed by atoms with Crippen LogP contribution in [0.25, 0.3) is 10.9 Å². The molecule has 0 fully saturated rings. The summed E-state index contributed by atoms with van der Waals surface area (Å²) in [7, 11) is 3.07. The van der Waals surface area contributed by atoms with Crippen LogP contribution in [0.4, 0.5) is 5.69 Å². The third-order valence-corrected chi connectivity index (χ3v) is 7.52. The van der Waals surface area contributed by atoms with Crippen molar-refractivity contribution in [2.24, 2.45) is 11.8 Å². The van der Waals surface area contributed by atoms with E-state index in [1.165, 1.54) is 7.11 Å². The Kier molecular flexibility index (Phi) is 9.12. The van der Waals surface area contributed by atoms with Crippen LogP contribution in [-0.4, -0.2) is 34.7 Å². The van der Waals surface area contributed by atoms with Gasteiger partial charge in [-0.15, -0.1) is 0 Å². The Balaban J connectivity index is 1.61. The lowest BCUT2D eigenvalue weighted by Gasteiger charge is -2.20.